The summed E-state index contributed by atoms with van der Waals surface area (Å²) in [6.07, 6.45) is 6.98. The third-order valence-corrected chi connectivity index (χ3v) is 4.79. The van der Waals surface area contributed by atoms with Gasteiger partial charge in [0.1, 0.15) is 0 Å². The van der Waals surface area contributed by atoms with Crippen LogP contribution in [-0.2, 0) is 0 Å². The maximum Gasteiger partial charge on any atom is 0.0108 e. The van der Waals surface area contributed by atoms with E-state index < -0.39 is 0 Å². The van der Waals surface area contributed by atoms with E-state index >= 15 is 0 Å². The molecule has 0 amide bonds. The summed E-state index contributed by atoms with van der Waals surface area (Å²) in [5.74, 6) is 1.89. The predicted molar refractivity (Wildman–Crippen MR) is 69.6 cm³/mol. The molecule has 1 N–H and O–H groups in total. The second-order valence-electron chi connectivity index (χ2n) is 6.13. The second kappa shape index (κ2) is 5.50. The number of nitrogens with zero attached hydrogens (tertiary/aromatic N) is 1. The van der Waals surface area contributed by atoms with Crippen molar-refractivity contribution < 1.29 is 0 Å². The molecule has 0 radical (unpaired) electrons. The van der Waals surface area contributed by atoms with Gasteiger partial charge in [-0.05, 0) is 64.1 Å². The molecule has 1 saturated carbocycles. The lowest BCUT2D eigenvalue weighted by atomic mass is 9.72. The first-order valence-corrected chi connectivity index (χ1v) is 7.11. The van der Waals surface area contributed by atoms with Gasteiger partial charge in [0.2, 0.25) is 0 Å². The maximum absolute atomic E-state index is 3.51. The fourth-order valence-corrected chi connectivity index (χ4v) is 3.21. The molecule has 1 aliphatic heterocycles. The molecule has 1 unspecified atom stereocenters. The molecule has 2 rings (SSSR count). The Bertz CT molecular complexity index is 201. The second-order valence-corrected chi connectivity index (χ2v) is 6.13. The first-order valence-electron chi connectivity index (χ1n) is 7.11. The zero-order valence-corrected chi connectivity index (χ0v) is 11.2. The molecule has 1 saturated heterocycles. The van der Waals surface area contributed by atoms with Crippen molar-refractivity contribution in [3.63, 3.8) is 0 Å². The SMILES string of the molecule is CC(C)C1CC(N(C)C2CCCNCC2)C1. The van der Waals surface area contributed by atoms with Crippen molar-refractivity contribution in [2.75, 3.05) is 20.1 Å². The minimum absolute atomic E-state index is 0.841. The molecule has 1 heterocycles. The quantitative estimate of drug-likeness (QED) is 0.792. The van der Waals surface area contributed by atoms with Gasteiger partial charge >= 0.3 is 0 Å². The topological polar surface area (TPSA) is 15.3 Å². The zero-order chi connectivity index (χ0) is 11.5. The number of hydrogen-bond acceptors (Lipinski definition) is 2. The van der Waals surface area contributed by atoms with Gasteiger partial charge in [-0.2, -0.15) is 0 Å². The van der Waals surface area contributed by atoms with Crippen molar-refractivity contribution in [2.24, 2.45) is 11.8 Å². The Morgan fingerprint density at radius 1 is 1.06 bits per heavy atom. The normalized spacial score (nSPS) is 36.2. The molecule has 0 aromatic heterocycles. The van der Waals surface area contributed by atoms with Crippen molar-refractivity contribution in [3.05, 3.63) is 0 Å². The number of rotatable bonds is 3. The van der Waals surface area contributed by atoms with Gasteiger partial charge in [-0.1, -0.05) is 13.8 Å². The third kappa shape index (κ3) is 2.78. The van der Waals surface area contributed by atoms with Crippen molar-refractivity contribution in [2.45, 2.75) is 58.0 Å². The van der Waals surface area contributed by atoms with E-state index in [4.69, 9.17) is 0 Å². The van der Waals surface area contributed by atoms with Crippen LogP contribution in [0.1, 0.15) is 46.0 Å². The monoisotopic (exact) mass is 224 g/mol. The van der Waals surface area contributed by atoms with Crippen LogP contribution in [0.15, 0.2) is 0 Å². The fourth-order valence-electron chi connectivity index (χ4n) is 3.21. The van der Waals surface area contributed by atoms with Gasteiger partial charge in [-0.25, -0.2) is 0 Å². The highest BCUT2D eigenvalue weighted by molar-refractivity contribution is 4.90. The van der Waals surface area contributed by atoms with Gasteiger partial charge in [-0.3, -0.25) is 0 Å². The van der Waals surface area contributed by atoms with Crippen LogP contribution < -0.4 is 5.32 Å². The van der Waals surface area contributed by atoms with Gasteiger partial charge in [0.15, 0.2) is 0 Å². The van der Waals surface area contributed by atoms with E-state index in [0.29, 0.717) is 0 Å². The molecular formula is C14H28N2. The van der Waals surface area contributed by atoms with E-state index in [-0.39, 0.29) is 0 Å². The molecule has 2 nitrogen and oxygen atoms in total. The highest BCUT2D eigenvalue weighted by Gasteiger charge is 2.35. The van der Waals surface area contributed by atoms with Crippen LogP contribution in [0, 0.1) is 11.8 Å². The van der Waals surface area contributed by atoms with Crippen LogP contribution in [0.4, 0.5) is 0 Å². The summed E-state index contributed by atoms with van der Waals surface area (Å²) in [6, 6.07) is 1.73. The standard InChI is InChI=1S/C14H28N2/c1-11(2)12-9-14(10-12)16(3)13-5-4-7-15-8-6-13/h11-15H,4-10H2,1-3H3. The van der Waals surface area contributed by atoms with E-state index in [1.807, 2.05) is 0 Å². The molecule has 0 aromatic carbocycles. The highest BCUT2D eigenvalue weighted by atomic mass is 15.2. The van der Waals surface area contributed by atoms with Gasteiger partial charge in [0.25, 0.3) is 0 Å². The molecule has 16 heavy (non-hydrogen) atoms. The van der Waals surface area contributed by atoms with E-state index in [9.17, 15) is 0 Å². The summed E-state index contributed by atoms with van der Waals surface area (Å²) in [5, 5.41) is 3.51. The maximum atomic E-state index is 3.51. The van der Waals surface area contributed by atoms with Crippen LogP contribution in [-0.4, -0.2) is 37.1 Å². The summed E-state index contributed by atoms with van der Waals surface area (Å²) >= 11 is 0. The Balaban J connectivity index is 1.77. The van der Waals surface area contributed by atoms with Gasteiger partial charge in [-0.15, -0.1) is 0 Å². The number of nitrogens with one attached hydrogen (secondary N) is 1. The minimum atomic E-state index is 0.841. The van der Waals surface area contributed by atoms with E-state index in [1.165, 1.54) is 45.2 Å². The Labute approximate surface area is 101 Å². The van der Waals surface area contributed by atoms with Gasteiger partial charge < -0.3 is 10.2 Å². The van der Waals surface area contributed by atoms with Gasteiger partial charge in [0, 0.05) is 12.1 Å². The lowest BCUT2D eigenvalue weighted by Crippen LogP contribution is -2.48. The average molecular weight is 224 g/mol. The third-order valence-electron chi connectivity index (χ3n) is 4.79. The van der Waals surface area contributed by atoms with Crippen molar-refractivity contribution in [3.8, 4) is 0 Å². The largest absolute Gasteiger partial charge is 0.317 e. The Hall–Kier alpha value is -0.0800. The Morgan fingerprint density at radius 2 is 1.81 bits per heavy atom. The van der Waals surface area contributed by atoms with Crippen molar-refractivity contribution >= 4 is 0 Å². The highest BCUT2D eigenvalue weighted by Crippen LogP contribution is 2.37. The van der Waals surface area contributed by atoms with E-state index in [2.05, 4.69) is 31.1 Å². The van der Waals surface area contributed by atoms with Crippen LogP contribution in [0.25, 0.3) is 0 Å². The summed E-state index contributed by atoms with van der Waals surface area (Å²) in [4.78, 5) is 2.69. The van der Waals surface area contributed by atoms with Crippen LogP contribution in [0.2, 0.25) is 0 Å². The smallest absolute Gasteiger partial charge is 0.0108 e. The molecule has 2 fully saturated rings. The fraction of sp³-hybridized carbons (Fsp3) is 1.00. The Morgan fingerprint density at radius 3 is 2.50 bits per heavy atom. The number of hydrogen-bond donors (Lipinski definition) is 1. The van der Waals surface area contributed by atoms with Crippen LogP contribution in [0.5, 0.6) is 0 Å². The lowest BCUT2D eigenvalue weighted by molar-refractivity contribution is 0.0411. The molecule has 1 atom stereocenters. The lowest BCUT2D eigenvalue weighted by Gasteiger charge is -2.46. The molecule has 0 bridgehead atoms. The molecule has 94 valence electrons. The van der Waals surface area contributed by atoms with E-state index in [0.717, 1.165) is 23.9 Å². The molecule has 0 spiro atoms. The van der Waals surface area contributed by atoms with Crippen molar-refractivity contribution in [1.29, 1.82) is 0 Å². The minimum Gasteiger partial charge on any atom is -0.317 e. The molecule has 0 aromatic rings. The molecule has 2 aliphatic rings. The van der Waals surface area contributed by atoms with Crippen LogP contribution in [0.3, 0.4) is 0 Å². The van der Waals surface area contributed by atoms with Crippen molar-refractivity contribution in [1.82, 2.24) is 10.2 Å². The molecule has 2 heteroatoms. The molecular weight excluding hydrogens is 196 g/mol. The average Bonchev–Trinajstić information content (AvgIpc) is 2.42. The molecule has 1 aliphatic carbocycles. The Kier molecular flexibility index (Phi) is 4.26. The first-order chi connectivity index (χ1) is 7.68. The van der Waals surface area contributed by atoms with Gasteiger partial charge in [0.05, 0.1) is 0 Å². The first kappa shape index (κ1) is 12.4. The summed E-state index contributed by atoms with van der Waals surface area (Å²) in [6.45, 7) is 7.19. The van der Waals surface area contributed by atoms with E-state index in [1.54, 1.807) is 0 Å². The summed E-state index contributed by atoms with van der Waals surface area (Å²) in [5.41, 5.74) is 0. The van der Waals surface area contributed by atoms with Crippen LogP contribution >= 0.6 is 0 Å². The summed E-state index contributed by atoms with van der Waals surface area (Å²) in [7, 11) is 2.36. The zero-order valence-electron chi connectivity index (χ0n) is 11.2. The summed E-state index contributed by atoms with van der Waals surface area (Å²) < 4.78 is 0. The predicted octanol–water partition coefficient (Wildman–Crippen LogP) is 2.49.